The first-order valence-electron chi connectivity index (χ1n) is 6.52. The van der Waals surface area contributed by atoms with E-state index in [2.05, 4.69) is 33.7 Å². The molecule has 22 heavy (non-hydrogen) atoms. The van der Waals surface area contributed by atoms with E-state index >= 15 is 0 Å². The Labute approximate surface area is 146 Å². The molecule has 2 heterocycles. The number of nitrogens with one attached hydrogen (secondary N) is 1. The standard InChI is InChI=1S/C13H19N5OS.2ClH/c1-9(2)7-18-4-3-15-11(18)6-16-13(19)10-8-20-12(5-14)17-10;;/h3-4,8-9H,5-7,14H2,1-2H3,(H,16,19);2*1H. The number of carbonyl (C=O) groups is 1. The van der Waals surface area contributed by atoms with E-state index in [1.165, 1.54) is 11.3 Å². The smallest absolute Gasteiger partial charge is 0.271 e. The van der Waals surface area contributed by atoms with Gasteiger partial charge in [0.1, 0.15) is 16.5 Å². The molecule has 6 nitrogen and oxygen atoms in total. The number of nitrogens with zero attached hydrogens (tertiary/aromatic N) is 3. The monoisotopic (exact) mass is 365 g/mol. The third-order valence-corrected chi connectivity index (χ3v) is 3.60. The quantitative estimate of drug-likeness (QED) is 0.821. The van der Waals surface area contributed by atoms with E-state index in [9.17, 15) is 4.79 Å². The maximum atomic E-state index is 12.0. The molecule has 0 aromatic carbocycles. The van der Waals surface area contributed by atoms with Gasteiger partial charge in [-0.05, 0) is 5.92 Å². The molecule has 3 N–H and O–H groups in total. The molecule has 9 heteroatoms. The summed E-state index contributed by atoms with van der Waals surface area (Å²) < 4.78 is 2.05. The van der Waals surface area contributed by atoms with Gasteiger partial charge in [-0.25, -0.2) is 9.97 Å². The van der Waals surface area contributed by atoms with Crippen LogP contribution in [0.3, 0.4) is 0 Å². The summed E-state index contributed by atoms with van der Waals surface area (Å²) in [4.78, 5) is 20.4. The number of rotatable bonds is 6. The molecule has 1 amide bonds. The first kappa shape index (κ1) is 20.9. The number of nitrogens with two attached hydrogens (primary N) is 1. The summed E-state index contributed by atoms with van der Waals surface area (Å²) >= 11 is 1.39. The van der Waals surface area contributed by atoms with Crippen molar-refractivity contribution in [1.82, 2.24) is 19.9 Å². The van der Waals surface area contributed by atoms with Gasteiger partial charge in [0.15, 0.2) is 0 Å². The van der Waals surface area contributed by atoms with Crippen LogP contribution in [-0.4, -0.2) is 20.4 Å². The average molecular weight is 366 g/mol. The zero-order valence-electron chi connectivity index (χ0n) is 12.5. The highest BCUT2D eigenvalue weighted by Gasteiger charge is 2.11. The van der Waals surface area contributed by atoms with Crippen molar-refractivity contribution in [3.05, 3.63) is 34.3 Å². The second-order valence-electron chi connectivity index (χ2n) is 4.90. The first-order chi connectivity index (χ1) is 9.60. The zero-order valence-corrected chi connectivity index (χ0v) is 14.9. The second kappa shape index (κ2) is 9.78. The largest absolute Gasteiger partial charge is 0.343 e. The molecule has 0 unspecified atom stereocenters. The fourth-order valence-electron chi connectivity index (χ4n) is 1.83. The van der Waals surface area contributed by atoms with Crippen molar-refractivity contribution in [1.29, 1.82) is 0 Å². The van der Waals surface area contributed by atoms with E-state index in [4.69, 9.17) is 5.73 Å². The van der Waals surface area contributed by atoms with Gasteiger partial charge < -0.3 is 15.6 Å². The fraction of sp³-hybridized carbons (Fsp3) is 0.462. The van der Waals surface area contributed by atoms with Crippen LogP contribution in [0.5, 0.6) is 0 Å². The molecule has 0 bridgehead atoms. The maximum absolute atomic E-state index is 12.0. The molecule has 124 valence electrons. The number of amides is 1. The Balaban J connectivity index is 0.00000220. The van der Waals surface area contributed by atoms with Crippen molar-refractivity contribution in [2.45, 2.75) is 33.5 Å². The van der Waals surface area contributed by atoms with E-state index in [1.807, 2.05) is 6.20 Å². The van der Waals surface area contributed by atoms with Gasteiger partial charge in [0.25, 0.3) is 5.91 Å². The highest BCUT2D eigenvalue weighted by Crippen LogP contribution is 2.09. The third-order valence-electron chi connectivity index (χ3n) is 2.73. The number of hydrogen-bond acceptors (Lipinski definition) is 5. The SMILES string of the molecule is CC(C)Cn1ccnc1CNC(=O)c1csc(CN)n1.Cl.Cl. The Morgan fingerprint density at radius 2 is 2.18 bits per heavy atom. The van der Waals surface area contributed by atoms with Crippen LogP contribution < -0.4 is 11.1 Å². The number of hydrogen-bond donors (Lipinski definition) is 2. The van der Waals surface area contributed by atoms with Crippen LogP contribution in [0.2, 0.25) is 0 Å². The molecule has 0 radical (unpaired) electrons. The van der Waals surface area contributed by atoms with Crippen molar-refractivity contribution in [3.63, 3.8) is 0 Å². The van der Waals surface area contributed by atoms with Crippen LogP contribution in [0, 0.1) is 5.92 Å². The number of thiazole rings is 1. The number of imidazole rings is 1. The minimum atomic E-state index is -0.194. The highest BCUT2D eigenvalue weighted by molar-refractivity contribution is 7.09. The van der Waals surface area contributed by atoms with Gasteiger partial charge in [-0.3, -0.25) is 4.79 Å². The van der Waals surface area contributed by atoms with Crippen molar-refractivity contribution >= 4 is 42.1 Å². The van der Waals surface area contributed by atoms with Gasteiger partial charge in [0.05, 0.1) is 6.54 Å². The molecule has 0 fully saturated rings. The summed E-state index contributed by atoms with van der Waals surface area (Å²) in [5.41, 5.74) is 5.90. The van der Waals surface area contributed by atoms with Crippen LogP contribution >= 0.6 is 36.2 Å². The summed E-state index contributed by atoms with van der Waals surface area (Å²) in [5, 5.41) is 5.31. The van der Waals surface area contributed by atoms with Crippen molar-refractivity contribution in [2.75, 3.05) is 0 Å². The van der Waals surface area contributed by atoms with Crippen LogP contribution in [0.4, 0.5) is 0 Å². The van der Waals surface area contributed by atoms with E-state index in [0.29, 0.717) is 24.7 Å². The minimum Gasteiger partial charge on any atom is -0.343 e. The summed E-state index contributed by atoms with van der Waals surface area (Å²) in [7, 11) is 0. The normalized spacial score (nSPS) is 10.0. The lowest BCUT2D eigenvalue weighted by Gasteiger charge is -2.10. The molecule has 0 saturated carbocycles. The molecule has 2 aromatic heterocycles. The fourth-order valence-corrected chi connectivity index (χ4v) is 2.48. The lowest BCUT2D eigenvalue weighted by Crippen LogP contribution is -2.25. The topological polar surface area (TPSA) is 85.8 Å². The van der Waals surface area contributed by atoms with Gasteiger partial charge in [-0.1, -0.05) is 13.8 Å². The average Bonchev–Trinajstić information content (AvgIpc) is 3.04. The molecule has 0 saturated heterocycles. The number of halogens is 2. The van der Waals surface area contributed by atoms with Gasteiger partial charge in [-0.2, -0.15) is 0 Å². The van der Waals surface area contributed by atoms with Gasteiger partial charge in [0, 0.05) is 30.9 Å². The molecule has 0 aliphatic rings. The van der Waals surface area contributed by atoms with E-state index < -0.39 is 0 Å². The molecule has 0 atom stereocenters. The first-order valence-corrected chi connectivity index (χ1v) is 7.40. The summed E-state index contributed by atoms with van der Waals surface area (Å²) in [6.45, 7) is 5.93. The zero-order chi connectivity index (χ0) is 14.5. The molecule has 2 aromatic rings. The van der Waals surface area contributed by atoms with Crippen LogP contribution in [-0.2, 0) is 19.6 Å². The van der Waals surface area contributed by atoms with Crippen LogP contribution in [0.1, 0.15) is 35.2 Å². The van der Waals surface area contributed by atoms with Gasteiger partial charge in [-0.15, -0.1) is 36.2 Å². The minimum absolute atomic E-state index is 0. The van der Waals surface area contributed by atoms with Crippen LogP contribution in [0.15, 0.2) is 17.8 Å². The number of aromatic nitrogens is 3. The Morgan fingerprint density at radius 1 is 1.45 bits per heavy atom. The lowest BCUT2D eigenvalue weighted by atomic mass is 10.2. The Bertz CT molecular complexity index is 585. The molecule has 2 rings (SSSR count). The van der Waals surface area contributed by atoms with Crippen molar-refractivity contribution in [2.24, 2.45) is 11.7 Å². The van der Waals surface area contributed by atoms with Crippen LogP contribution in [0.25, 0.3) is 0 Å². The highest BCUT2D eigenvalue weighted by atomic mass is 35.5. The van der Waals surface area contributed by atoms with Gasteiger partial charge in [0.2, 0.25) is 0 Å². The molecular formula is C13H21Cl2N5OS. The van der Waals surface area contributed by atoms with Gasteiger partial charge >= 0.3 is 0 Å². The Hall–Kier alpha value is -1.15. The predicted molar refractivity (Wildman–Crippen MR) is 92.7 cm³/mol. The van der Waals surface area contributed by atoms with E-state index in [1.54, 1.807) is 11.6 Å². The predicted octanol–water partition coefficient (Wildman–Crippen LogP) is 2.23. The molecule has 0 aliphatic heterocycles. The summed E-state index contributed by atoms with van der Waals surface area (Å²) in [5.74, 6) is 1.19. The van der Waals surface area contributed by atoms with E-state index in [-0.39, 0.29) is 30.7 Å². The van der Waals surface area contributed by atoms with Crippen molar-refractivity contribution in [3.8, 4) is 0 Å². The summed E-state index contributed by atoms with van der Waals surface area (Å²) in [6.07, 6.45) is 3.68. The molecular weight excluding hydrogens is 345 g/mol. The Morgan fingerprint density at radius 3 is 2.77 bits per heavy atom. The number of carbonyl (C=O) groups excluding carboxylic acids is 1. The lowest BCUT2D eigenvalue weighted by molar-refractivity contribution is 0.0945. The Kier molecular flexibility index (Phi) is 9.27. The third kappa shape index (κ3) is 5.57. The van der Waals surface area contributed by atoms with Crippen molar-refractivity contribution < 1.29 is 4.79 Å². The molecule has 0 aliphatic carbocycles. The maximum Gasteiger partial charge on any atom is 0.271 e. The summed E-state index contributed by atoms with van der Waals surface area (Å²) in [6, 6.07) is 0. The van der Waals surface area contributed by atoms with E-state index in [0.717, 1.165) is 17.4 Å². The second-order valence-corrected chi connectivity index (χ2v) is 5.85. The molecule has 0 spiro atoms.